The standard InChI is InChI=1S/C14H16O4/c1-15-10-4-2-8(3-5-10)14-16-7-9-6-11-13(17-11)12(9)18-14/h2-5,9,11-14H,6-7H2,1H3/t9-,11?,12+,13?,14?/m0/s1. The second kappa shape index (κ2) is 3.95. The lowest BCUT2D eigenvalue weighted by molar-refractivity contribution is -0.243. The first-order valence-electron chi connectivity index (χ1n) is 6.41. The Bertz CT molecular complexity index is 444. The van der Waals surface area contributed by atoms with Gasteiger partial charge in [-0.25, -0.2) is 0 Å². The molecular formula is C14H16O4. The van der Waals surface area contributed by atoms with E-state index in [1.165, 1.54) is 0 Å². The Kier molecular flexibility index (Phi) is 2.37. The highest BCUT2D eigenvalue weighted by Crippen LogP contribution is 2.48. The van der Waals surface area contributed by atoms with Crippen LogP contribution in [0.5, 0.6) is 5.75 Å². The van der Waals surface area contributed by atoms with E-state index in [0.717, 1.165) is 24.3 Å². The van der Waals surface area contributed by atoms with E-state index in [2.05, 4.69) is 0 Å². The second-order valence-corrected chi connectivity index (χ2v) is 5.17. The molecule has 3 fully saturated rings. The van der Waals surface area contributed by atoms with Crippen molar-refractivity contribution < 1.29 is 18.9 Å². The Morgan fingerprint density at radius 2 is 1.94 bits per heavy atom. The molecule has 2 aliphatic heterocycles. The van der Waals surface area contributed by atoms with Gasteiger partial charge in [0.1, 0.15) is 11.9 Å². The van der Waals surface area contributed by atoms with Gasteiger partial charge < -0.3 is 18.9 Å². The maximum Gasteiger partial charge on any atom is 0.184 e. The van der Waals surface area contributed by atoms with E-state index >= 15 is 0 Å². The summed E-state index contributed by atoms with van der Waals surface area (Å²) in [7, 11) is 1.66. The van der Waals surface area contributed by atoms with Crippen LogP contribution in [0.4, 0.5) is 0 Å². The fraction of sp³-hybridized carbons (Fsp3) is 0.571. The maximum absolute atomic E-state index is 6.04. The molecule has 18 heavy (non-hydrogen) atoms. The summed E-state index contributed by atoms with van der Waals surface area (Å²) in [4.78, 5) is 0. The smallest absolute Gasteiger partial charge is 0.184 e. The molecule has 4 heteroatoms. The normalized spacial score (nSPS) is 41.1. The Morgan fingerprint density at radius 3 is 2.72 bits per heavy atom. The molecule has 1 aromatic rings. The van der Waals surface area contributed by atoms with Crippen LogP contribution < -0.4 is 4.74 Å². The summed E-state index contributed by atoms with van der Waals surface area (Å²) < 4.78 is 22.5. The molecule has 1 aliphatic carbocycles. The van der Waals surface area contributed by atoms with E-state index in [1.54, 1.807) is 7.11 Å². The Balaban J connectivity index is 1.51. The lowest BCUT2D eigenvalue weighted by atomic mass is 10.0. The van der Waals surface area contributed by atoms with E-state index in [1.807, 2.05) is 24.3 Å². The van der Waals surface area contributed by atoms with Gasteiger partial charge in [0.05, 0.1) is 25.9 Å². The molecule has 0 amide bonds. The van der Waals surface area contributed by atoms with Crippen molar-refractivity contribution in [3.63, 3.8) is 0 Å². The van der Waals surface area contributed by atoms with Crippen LogP contribution in [0.1, 0.15) is 18.3 Å². The summed E-state index contributed by atoms with van der Waals surface area (Å²) >= 11 is 0. The van der Waals surface area contributed by atoms with E-state index in [0.29, 0.717) is 18.1 Å². The Labute approximate surface area is 106 Å². The molecule has 0 radical (unpaired) electrons. The van der Waals surface area contributed by atoms with Gasteiger partial charge in [-0.2, -0.15) is 0 Å². The third kappa shape index (κ3) is 1.64. The van der Waals surface area contributed by atoms with Crippen molar-refractivity contribution in [1.82, 2.24) is 0 Å². The molecule has 4 nitrogen and oxygen atoms in total. The van der Waals surface area contributed by atoms with Crippen molar-refractivity contribution in [3.8, 4) is 5.75 Å². The molecule has 96 valence electrons. The molecule has 3 unspecified atom stereocenters. The molecule has 1 saturated carbocycles. The number of rotatable bonds is 2. The second-order valence-electron chi connectivity index (χ2n) is 5.17. The van der Waals surface area contributed by atoms with Crippen LogP contribution >= 0.6 is 0 Å². The highest BCUT2D eigenvalue weighted by Gasteiger charge is 2.58. The third-order valence-corrected chi connectivity index (χ3v) is 4.08. The number of methoxy groups -OCH3 is 1. The summed E-state index contributed by atoms with van der Waals surface area (Å²) in [5, 5.41) is 0. The fourth-order valence-corrected chi connectivity index (χ4v) is 3.02. The molecular weight excluding hydrogens is 232 g/mol. The van der Waals surface area contributed by atoms with Crippen molar-refractivity contribution in [1.29, 1.82) is 0 Å². The van der Waals surface area contributed by atoms with Gasteiger partial charge in [0.25, 0.3) is 0 Å². The molecule has 5 atom stereocenters. The molecule has 1 aromatic carbocycles. The molecule has 0 aromatic heterocycles. The van der Waals surface area contributed by atoms with Crippen LogP contribution in [-0.2, 0) is 14.2 Å². The maximum atomic E-state index is 6.04. The molecule has 3 aliphatic rings. The monoisotopic (exact) mass is 248 g/mol. The minimum absolute atomic E-state index is 0.218. The topological polar surface area (TPSA) is 40.2 Å². The van der Waals surface area contributed by atoms with Gasteiger partial charge in [-0.3, -0.25) is 0 Å². The number of ether oxygens (including phenoxy) is 4. The van der Waals surface area contributed by atoms with Crippen LogP contribution in [0.15, 0.2) is 24.3 Å². The summed E-state index contributed by atoms with van der Waals surface area (Å²) in [5.41, 5.74) is 1.04. The number of fused-ring (bicyclic) bond motifs is 3. The number of hydrogen-bond donors (Lipinski definition) is 0. The minimum atomic E-state index is -0.264. The van der Waals surface area contributed by atoms with Gasteiger partial charge in [-0.1, -0.05) is 12.1 Å². The average Bonchev–Trinajstić information content (AvgIpc) is 3.11. The molecule has 0 bridgehead atoms. The zero-order chi connectivity index (χ0) is 12.1. The van der Waals surface area contributed by atoms with Crippen molar-refractivity contribution in [2.45, 2.75) is 31.0 Å². The molecule has 2 heterocycles. The Morgan fingerprint density at radius 1 is 1.11 bits per heavy atom. The first kappa shape index (κ1) is 10.8. The largest absolute Gasteiger partial charge is 0.497 e. The van der Waals surface area contributed by atoms with Crippen molar-refractivity contribution in [2.24, 2.45) is 5.92 Å². The summed E-state index contributed by atoms with van der Waals surface area (Å²) in [6.07, 6.45) is 1.79. The van der Waals surface area contributed by atoms with Crippen LogP contribution in [0.2, 0.25) is 0 Å². The average molecular weight is 248 g/mol. The van der Waals surface area contributed by atoms with Crippen LogP contribution in [-0.4, -0.2) is 32.0 Å². The first-order chi connectivity index (χ1) is 8.85. The first-order valence-corrected chi connectivity index (χ1v) is 6.41. The van der Waals surface area contributed by atoms with E-state index in [9.17, 15) is 0 Å². The number of hydrogen-bond acceptors (Lipinski definition) is 4. The highest BCUT2D eigenvalue weighted by atomic mass is 16.7. The molecule has 0 spiro atoms. The Hall–Kier alpha value is -1.10. The van der Waals surface area contributed by atoms with Gasteiger partial charge in [0.2, 0.25) is 0 Å². The van der Waals surface area contributed by atoms with Gasteiger partial charge >= 0.3 is 0 Å². The lowest BCUT2D eigenvalue weighted by Gasteiger charge is -2.33. The summed E-state index contributed by atoms with van der Waals surface area (Å²) in [6, 6.07) is 7.84. The number of benzene rings is 1. The SMILES string of the molecule is COc1ccc(C2OC[C@@H]3CC4OC4[C@@H]3O2)cc1. The minimum Gasteiger partial charge on any atom is -0.497 e. The van der Waals surface area contributed by atoms with E-state index in [-0.39, 0.29) is 12.4 Å². The molecule has 2 saturated heterocycles. The van der Waals surface area contributed by atoms with Crippen LogP contribution in [0.25, 0.3) is 0 Å². The highest BCUT2D eigenvalue weighted by molar-refractivity contribution is 5.28. The predicted octanol–water partition coefficient (Wildman–Crippen LogP) is 1.90. The molecule has 4 rings (SSSR count). The quantitative estimate of drug-likeness (QED) is 0.749. The number of epoxide rings is 1. The van der Waals surface area contributed by atoms with Crippen molar-refractivity contribution in [3.05, 3.63) is 29.8 Å². The fourth-order valence-electron chi connectivity index (χ4n) is 3.02. The van der Waals surface area contributed by atoms with Crippen LogP contribution in [0, 0.1) is 5.92 Å². The van der Waals surface area contributed by atoms with Gasteiger partial charge in [-0.15, -0.1) is 0 Å². The van der Waals surface area contributed by atoms with Gasteiger partial charge in [0.15, 0.2) is 6.29 Å². The summed E-state index contributed by atoms with van der Waals surface area (Å²) in [5.74, 6) is 1.36. The van der Waals surface area contributed by atoms with Gasteiger partial charge in [-0.05, 0) is 18.6 Å². The van der Waals surface area contributed by atoms with E-state index < -0.39 is 0 Å². The molecule has 0 N–H and O–H groups in total. The van der Waals surface area contributed by atoms with Gasteiger partial charge in [0, 0.05) is 11.5 Å². The lowest BCUT2D eigenvalue weighted by Crippen LogP contribution is -2.36. The third-order valence-electron chi connectivity index (χ3n) is 4.08. The zero-order valence-electron chi connectivity index (χ0n) is 10.2. The zero-order valence-corrected chi connectivity index (χ0v) is 10.2. The van der Waals surface area contributed by atoms with Crippen LogP contribution in [0.3, 0.4) is 0 Å². The van der Waals surface area contributed by atoms with Crippen molar-refractivity contribution in [2.75, 3.05) is 13.7 Å². The summed E-state index contributed by atoms with van der Waals surface area (Å²) in [6.45, 7) is 0.776. The predicted molar refractivity (Wildman–Crippen MR) is 63.3 cm³/mol. The van der Waals surface area contributed by atoms with Crippen molar-refractivity contribution >= 4 is 0 Å². The van der Waals surface area contributed by atoms with E-state index in [4.69, 9.17) is 18.9 Å².